The van der Waals surface area contributed by atoms with Gasteiger partial charge in [0.25, 0.3) is 0 Å². The van der Waals surface area contributed by atoms with E-state index in [0.29, 0.717) is 6.42 Å². The largest absolute Gasteiger partial charge is 0.245 e. The van der Waals surface area contributed by atoms with Gasteiger partial charge in [-0.3, -0.25) is 0 Å². The summed E-state index contributed by atoms with van der Waals surface area (Å²) in [5, 5.41) is 9.26. The van der Waals surface area contributed by atoms with Gasteiger partial charge in [-0.25, -0.2) is 4.98 Å². The molecule has 1 rings (SSSR count). The number of thiazole rings is 1. The van der Waals surface area contributed by atoms with Gasteiger partial charge in [-0.05, 0) is 13.8 Å². The van der Waals surface area contributed by atoms with Crippen LogP contribution in [-0.4, -0.2) is 4.98 Å². The van der Waals surface area contributed by atoms with Crippen LogP contribution in [0.3, 0.4) is 0 Å². The van der Waals surface area contributed by atoms with Crippen molar-refractivity contribution in [3.05, 3.63) is 15.6 Å². The second-order valence-corrected chi connectivity index (χ2v) is 3.37. The Hall–Kier alpha value is -0.880. The maximum Gasteiger partial charge on any atom is 0.107 e. The lowest BCUT2D eigenvalue weighted by atomic mass is 10.4. The fourth-order valence-electron chi connectivity index (χ4n) is 0.682. The molecule has 0 unspecified atom stereocenters. The van der Waals surface area contributed by atoms with Crippen LogP contribution < -0.4 is 0 Å². The molecule has 0 amide bonds. The van der Waals surface area contributed by atoms with Gasteiger partial charge in [0.05, 0.1) is 18.2 Å². The molecule has 3 heteroatoms. The van der Waals surface area contributed by atoms with Crippen LogP contribution >= 0.6 is 11.3 Å². The third kappa shape index (κ3) is 1.34. The van der Waals surface area contributed by atoms with Gasteiger partial charge in [0.2, 0.25) is 0 Å². The van der Waals surface area contributed by atoms with Crippen LogP contribution in [0.15, 0.2) is 0 Å². The second-order valence-electron chi connectivity index (χ2n) is 2.08. The van der Waals surface area contributed by atoms with Crippen molar-refractivity contribution < 1.29 is 0 Å². The Morgan fingerprint density at radius 2 is 2.30 bits per heavy atom. The molecule has 0 atom stereocenters. The topological polar surface area (TPSA) is 36.7 Å². The predicted octanol–water partition coefficient (Wildman–Crippen LogP) is 1.83. The molecule has 0 N–H and O–H groups in total. The molecule has 0 aliphatic rings. The zero-order valence-electron chi connectivity index (χ0n) is 6.01. The summed E-state index contributed by atoms with van der Waals surface area (Å²) in [6.45, 7) is 3.99. The van der Waals surface area contributed by atoms with E-state index in [4.69, 9.17) is 5.26 Å². The minimum Gasteiger partial charge on any atom is -0.245 e. The number of nitrogens with zero attached hydrogens (tertiary/aromatic N) is 2. The highest BCUT2D eigenvalue weighted by Crippen LogP contribution is 2.15. The average molecular weight is 152 g/mol. The molecule has 52 valence electrons. The van der Waals surface area contributed by atoms with Crippen LogP contribution in [0, 0.1) is 25.2 Å². The molecule has 1 heterocycles. The van der Waals surface area contributed by atoms with Crippen molar-refractivity contribution in [3.8, 4) is 6.07 Å². The standard InChI is InChI=1S/C7H8N2S/c1-5-6(2)10-7(9-5)3-4-8/h3H2,1-2H3. The Balaban J connectivity index is 2.90. The number of hydrogen-bond donors (Lipinski definition) is 0. The zero-order chi connectivity index (χ0) is 7.56. The van der Waals surface area contributed by atoms with Crippen LogP contribution in [0.25, 0.3) is 0 Å². The quantitative estimate of drug-likeness (QED) is 0.615. The van der Waals surface area contributed by atoms with Crippen LogP contribution in [0.1, 0.15) is 15.6 Å². The second kappa shape index (κ2) is 2.80. The third-order valence-electron chi connectivity index (χ3n) is 1.30. The van der Waals surface area contributed by atoms with Crippen molar-refractivity contribution in [3.63, 3.8) is 0 Å². The van der Waals surface area contributed by atoms with Crippen molar-refractivity contribution in [2.75, 3.05) is 0 Å². The van der Waals surface area contributed by atoms with E-state index in [9.17, 15) is 0 Å². The molecule has 10 heavy (non-hydrogen) atoms. The average Bonchev–Trinajstić information content (AvgIpc) is 2.14. The summed E-state index contributed by atoms with van der Waals surface area (Å²) in [4.78, 5) is 5.41. The summed E-state index contributed by atoms with van der Waals surface area (Å²) in [6, 6.07) is 2.07. The maximum atomic E-state index is 8.34. The minimum atomic E-state index is 0.444. The molecule has 0 saturated heterocycles. The van der Waals surface area contributed by atoms with Gasteiger partial charge in [0.15, 0.2) is 0 Å². The number of aromatic nitrogens is 1. The molecule has 0 spiro atoms. The van der Waals surface area contributed by atoms with Crippen LogP contribution in [0.2, 0.25) is 0 Å². The molecule has 1 aromatic rings. The Morgan fingerprint density at radius 3 is 2.70 bits per heavy atom. The first-order chi connectivity index (χ1) is 4.74. The fourth-order valence-corrected chi connectivity index (χ4v) is 1.55. The molecule has 2 nitrogen and oxygen atoms in total. The van der Waals surface area contributed by atoms with E-state index in [0.717, 1.165) is 10.7 Å². The molecule has 0 aromatic carbocycles. The lowest BCUT2D eigenvalue weighted by Gasteiger charge is -1.78. The minimum absolute atomic E-state index is 0.444. The summed E-state index contributed by atoms with van der Waals surface area (Å²) < 4.78 is 0. The van der Waals surface area contributed by atoms with Crippen LogP contribution in [0.5, 0.6) is 0 Å². The summed E-state index contributed by atoms with van der Waals surface area (Å²) in [7, 11) is 0. The van der Waals surface area contributed by atoms with E-state index in [-0.39, 0.29) is 0 Å². The van der Waals surface area contributed by atoms with Crippen LogP contribution in [0.4, 0.5) is 0 Å². The monoisotopic (exact) mass is 152 g/mol. The van der Waals surface area contributed by atoms with E-state index in [1.807, 2.05) is 13.8 Å². The molecule has 0 saturated carbocycles. The lowest BCUT2D eigenvalue weighted by molar-refractivity contribution is 1.13. The Bertz CT molecular complexity index is 250. The highest BCUT2D eigenvalue weighted by Gasteiger charge is 2.00. The van der Waals surface area contributed by atoms with Crippen molar-refractivity contribution in [1.29, 1.82) is 5.26 Å². The van der Waals surface area contributed by atoms with Gasteiger partial charge in [0.1, 0.15) is 5.01 Å². The summed E-state index contributed by atoms with van der Waals surface area (Å²) >= 11 is 1.61. The number of rotatable bonds is 1. The van der Waals surface area contributed by atoms with Gasteiger partial charge in [-0.1, -0.05) is 0 Å². The molecular formula is C7H8N2S. The van der Waals surface area contributed by atoms with E-state index in [2.05, 4.69) is 11.1 Å². The first-order valence-electron chi connectivity index (χ1n) is 3.04. The first-order valence-corrected chi connectivity index (χ1v) is 3.85. The van der Waals surface area contributed by atoms with E-state index in [1.54, 1.807) is 11.3 Å². The smallest absolute Gasteiger partial charge is 0.107 e. The molecule has 0 fully saturated rings. The van der Waals surface area contributed by atoms with Gasteiger partial charge in [-0.15, -0.1) is 11.3 Å². The highest BCUT2D eigenvalue weighted by molar-refractivity contribution is 7.11. The molecule has 0 bridgehead atoms. The summed E-state index contributed by atoms with van der Waals surface area (Å²) in [6.07, 6.45) is 0.444. The number of nitriles is 1. The highest BCUT2D eigenvalue weighted by atomic mass is 32.1. The van der Waals surface area contributed by atoms with Gasteiger partial charge < -0.3 is 0 Å². The fraction of sp³-hybridized carbons (Fsp3) is 0.429. The Labute approximate surface area is 64.1 Å². The molecule has 0 aliphatic carbocycles. The normalized spacial score (nSPS) is 9.30. The van der Waals surface area contributed by atoms with Crippen molar-refractivity contribution in [2.45, 2.75) is 20.3 Å². The molecule has 0 radical (unpaired) electrons. The predicted molar refractivity (Wildman–Crippen MR) is 40.9 cm³/mol. The Kier molecular flexibility index (Phi) is 2.03. The number of hydrogen-bond acceptors (Lipinski definition) is 3. The molecular weight excluding hydrogens is 144 g/mol. The van der Waals surface area contributed by atoms with Gasteiger partial charge >= 0.3 is 0 Å². The van der Waals surface area contributed by atoms with E-state index >= 15 is 0 Å². The van der Waals surface area contributed by atoms with E-state index < -0.39 is 0 Å². The van der Waals surface area contributed by atoms with Gasteiger partial charge in [-0.2, -0.15) is 5.26 Å². The van der Waals surface area contributed by atoms with Crippen molar-refractivity contribution >= 4 is 11.3 Å². The molecule has 1 aromatic heterocycles. The summed E-state index contributed by atoms with van der Waals surface area (Å²) in [5.41, 5.74) is 1.05. The molecule has 0 aliphatic heterocycles. The first kappa shape index (κ1) is 7.23. The lowest BCUT2D eigenvalue weighted by Crippen LogP contribution is -1.78. The number of aryl methyl sites for hydroxylation is 2. The Morgan fingerprint density at radius 1 is 1.60 bits per heavy atom. The third-order valence-corrected chi connectivity index (χ3v) is 2.38. The van der Waals surface area contributed by atoms with E-state index in [1.165, 1.54) is 4.88 Å². The van der Waals surface area contributed by atoms with Crippen LogP contribution in [-0.2, 0) is 6.42 Å². The van der Waals surface area contributed by atoms with Crippen molar-refractivity contribution in [1.82, 2.24) is 4.98 Å². The van der Waals surface area contributed by atoms with Crippen molar-refractivity contribution in [2.24, 2.45) is 0 Å². The SMILES string of the molecule is Cc1nc(CC#N)sc1C. The maximum absolute atomic E-state index is 8.34. The zero-order valence-corrected chi connectivity index (χ0v) is 6.83. The summed E-state index contributed by atoms with van der Waals surface area (Å²) in [5.74, 6) is 0. The van der Waals surface area contributed by atoms with Gasteiger partial charge in [0, 0.05) is 4.88 Å².